The summed E-state index contributed by atoms with van der Waals surface area (Å²) in [5, 5.41) is 9.28. The first-order valence-corrected chi connectivity index (χ1v) is 9.27. The lowest BCUT2D eigenvalue weighted by Crippen LogP contribution is -2.50. The number of Topliss-reactive ketones (excluding diaryl/α,β-unsaturated/α-hetero) is 2. The SMILES string of the molecule is COc1cc(OC)c2c(c1Cl)O[C@]1(C2=O)c2[nH]c(=O)c(C(=O)O)cc2C(=O)C[C@H]1C. The molecule has 30 heavy (non-hydrogen) atoms. The van der Waals surface area contributed by atoms with Gasteiger partial charge >= 0.3 is 5.97 Å². The van der Waals surface area contributed by atoms with E-state index in [0.717, 1.165) is 6.07 Å². The molecule has 4 rings (SSSR count). The number of pyridine rings is 1. The zero-order valence-corrected chi connectivity index (χ0v) is 16.9. The van der Waals surface area contributed by atoms with Crippen molar-refractivity contribution in [3.63, 3.8) is 0 Å². The highest BCUT2D eigenvalue weighted by Gasteiger charge is 2.60. The number of nitrogens with one attached hydrogen (secondary N) is 1. The zero-order chi connectivity index (χ0) is 22.0. The van der Waals surface area contributed by atoms with E-state index in [1.807, 2.05) is 0 Å². The maximum absolute atomic E-state index is 13.7. The van der Waals surface area contributed by atoms with E-state index < -0.39 is 40.2 Å². The molecule has 2 aliphatic rings. The molecule has 2 heterocycles. The summed E-state index contributed by atoms with van der Waals surface area (Å²) in [4.78, 5) is 52.4. The van der Waals surface area contributed by atoms with Crippen molar-refractivity contribution in [2.75, 3.05) is 14.2 Å². The molecule has 9 nitrogen and oxygen atoms in total. The fourth-order valence-electron chi connectivity index (χ4n) is 4.07. The third-order valence-electron chi connectivity index (χ3n) is 5.55. The van der Waals surface area contributed by atoms with Gasteiger partial charge in [0.05, 0.1) is 19.9 Å². The average Bonchev–Trinajstić information content (AvgIpc) is 3.01. The summed E-state index contributed by atoms with van der Waals surface area (Å²) in [6, 6.07) is 2.42. The second-order valence-corrected chi connectivity index (χ2v) is 7.48. The summed E-state index contributed by atoms with van der Waals surface area (Å²) in [5.74, 6) is -2.77. The van der Waals surface area contributed by atoms with E-state index in [9.17, 15) is 24.3 Å². The van der Waals surface area contributed by atoms with Crippen LogP contribution in [0, 0.1) is 5.92 Å². The van der Waals surface area contributed by atoms with Crippen LogP contribution in [0.5, 0.6) is 17.2 Å². The van der Waals surface area contributed by atoms with Crippen LogP contribution in [0.4, 0.5) is 0 Å². The van der Waals surface area contributed by atoms with Crippen molar-refractivity contribution in [3.05, 3.63) is 49.9 Å². The quantitative estimate of drug-likeness (QED) is 0.754. The molecule has 1 aromatic heterocycles. The number of aromatic amines is 1. The van der Waals surface area contributed by atoms with E-state index in [-0.39, 0.29) is 45.5 Å². The molecule has 1 spiro atoms. The van der Waals surface area contributed by atoms with Crippen LogP contribution >= 0.6 is 11.6 Å². The van der Waals surface area contributed by atoms with Crippen molar-refractivity contribution in [3.8, 4) is 17.2 Å². The summed E-state index contributed by atoms with van der Waals surface area (Å²) in [6.45, 7) is 1.63. The minimum Gasteiger partial charge on any atom is -0.496 e. The fraction of sp³-hybridized carbons (Fsp3) is 0.300. The average molecular weight is 434 g/mol. The number of carbonyl (C=O) groups is 3. The number of aromatic nitrogens is 1. The molecule has 1 aliphatic carbocycles. The number of carbonyl (C=O) groups excluding carboxylic acids is 2. The van der Waals surface area contributed by atoms with Gasteiger partial charge in [-0.05, 0) is 6.07 Å². The molecule has 10 heteroatoms. The van der Waals surface area contributed by atoms with Crippen LogP contribution in [0.3, 0.4) is 0 Å². The number of hydrogen-bond donors (Lipinski definition) is 2. The maximum Gasteiger partial charge on any atom is 0.341 e. The highest BCUT2D eigenvalue weighted by molar-refractivity contribution is 6.35. The van der Waals surface area contributed by atoms with Gasteiger partial charge in [-0.3, -0.25) is 14.4 Å². The van der Waals surface area contributed by atoms with E-state index in [2.05, 4.69) is 4.98 Å². The largest absolute Gasteiger partial charge is 0.496 e. The number of carboxylic acid groups (broad SMARTS) is 1. The molecule has 0 amide bonds. The Labute approximate surface area is 174 Å². The Morgan fingerprint density at radius 3 is 2.50 bits per heavy atom. The number of benzene rings is 1. The smallest absolute Gasteiger partial charge is 0.341 e. The number of ether oxygens (including phenoxy) is 3. The second-order valence-electron chi connectivity index (χ2n) is 7.10. The van der Waals surface area contributed by atoms with Gasteiger partial charge in [-0.15, -0.1) is 0 Å². The number of methoxy groups -OCH3 is 2. The maximum atomic E-state index is 13.7. The van der Waals surface area contributed by atoms with Gasteiger partial charge in [0.25, 0.3) is 5.56 Å². The second kappa shape index (κ2) is 6.60. The predicted molar refractivity (Wildman–Crippen MR) is 103 cm³/mol. The van der Waals surface area contributed by atoms with Crippen molar-refractivity contribution in [2.24, 2.45) is 5.92 Å². The van der Waals surface area contributed by atoms with E-state index in [1.54, 1.807) is 6.92 Å². The molecular formula is C20H16ClNO8. The Morgan fingerprint density at radius 2 is 1.90 bits per heavy atom. The Bertz CT molecular complexity index is 1200. The first-order chi connectivity index (χ1) is 14.2. The summed E-state index contributed by atoms with van der Waals surface area (Å²) in [5.41, 5.74) is -3.46. The Kier molecular flexibility index (Phi) is 4.39. The minimum atomic E-state index is -1.77. The number of carboxylic acids is 1. The summed E-state index contributed by atoms with van der Waals surface area (Å²) >= 11 is 6.38. The molecule has 0 radical (unpaired) electrons. The normalized spacial score (nSPS) is 21.8. The van der Waals surface area contributed by atoms with Crippen LogP contribution in [-0.2, 0) is 5.60 Å². The lowest BCUT2D eigenvalue weighted by molar-refractivity contribution is 0.0191. The van der Waals surface area contributed by atoms with Crippen molar-refractivity contribution >= 4 is 29.1 Å². The molecule has 2 N–H and O–H groups in total. The number of H-pyrrole nitrogens is 1. The highest BCUT2D eigenvalue weighted by Crippen LogP contribution is 2.56. The van der Waals surface area contributed by atoms with Gasteiger partial charge in [-0.25, -0.2) is 4.79 Å². The van der Waals surface area contributed by atoms with Crippen molar-refractivity contribution < 1.29 is 33.7 Å². The molecule has 1 aliphatic heterocycles. The van der Waals surface area contributed by atoms with Crippen molar-refractivity contribution in [1.29, 1.82) is 0 Å². The summed E-state index contributed by atoms with van der Waals surface area (Å²) in [6.07, 6.45) is -0.102. The number of fused-ring (bicyclic) bond motifs is 3. The van der Waals surface area contributed by atoms with Gasteiger partial charge in [0.2, 0.25) is 11.4 Å². The molecule has 2 aromatic rings. The molecule has 0 saturated heterocycles. The number of rotatable bonds is 3. The molecular weight excluding hydrogens is 418 g/mol. The van der Waals surface area contributed by atoms with Gasteiger partial charge in [0, 0.05) is 24.0 Å². The minimum absolute atomic E-state index is 0.00757. The van der Waals surface area contributed by atoms with Gasteiger partial charge < -0.3 is 24.3 Å². The zero-order valence-electron chi connectivity index (χ0n) is 16.1. The Morgan fingerprint density at radius 1 is 1.23 bits per heavy atom. The van der Waals surface area contributed by atoms with E-state index >= 15 is 0 Å². The first-order valence-electron chi connectivity index (χ1n) is 8.89. The summed E-state index contributed by atoms with van der Waals surface area (Å²) in [7, 11) is 2.76. The van der Waals surface area contributed by atoms with Gasteiger partial charge in [-0.2, -0.15) is 0 Å². The lowest BCUT2D eigenvalue weighted by Gasteiger charge is -2.37. The molecule has 0 bridgehead atoms. The van der Waals surface area contributed by atoms with Crippen LogP contribution in [-0.4, -0.2) is 41.8 Å². The molecule has 0 fully saturated rings. The Balaban J connectivity index is 2.04. The van der Waals surface area contributed by atoms with Crippen LogP contribution in [0.1, 0.15) is 50.1 Å². The van der Waals surface area contributed by atoms with E-state index in [0.29, 0.717) is 0 Å². The number of halogens is 1. The number of hydrogen-bond acceptors (Lipinski definition) is 7. The van der Waals surface area contributed by atoms with E-state index in [1.165, 1.54) is 20.3 Å². The van der Waals surface area contributed by atoms with Gasteiger partial charge in [0.1, 0.15) is 27.6 Å². The Hall–Kier alpha value is -3.33. The number of ketones is 2. The third-order valence-corrected chi connectivity index (χ3v) is 5.91. The predicted octanol–water partition coefficient (Wildman–Crippen LogP) is 2.44. The van der Waals surface area contributed by atoms with Crippen molar-refractivity contribution in [2.45, 2.75) is 18.9 Å². The van der Waals surface area contributed by atoms with Crippen LogP contribution in [0.25, 0.3) is 0 Å². The van der Waals surface area contributed by atoms with Crippen LogP contribution in [0.15, 0.2) is 16.9 Å². The van der Waals surface area contributed by atoms with Crippen LogP contribution in [0.2, 0.25) is 5.02 Å². The van der Waals surface area contributed by atoms with Crippen LogP contribution < -0.4 is 19.8 Å². The lowest BCUT2D eigenvalue weighted by atomic mass is 9.71. The third kappa shape index (κ3) is 2.41. The number of aromatic carboxylic acids is 1. The molecule has 1 aromatic carbocycles. The summed E-state index contributed by atoms with van der Waals surface area (Å²) < 4.78 is 16.6. The first kappa shape index (κ1) is 20.0. The van der Waals surface area contributed by atoms with Gasteiger partial charge in [-0.1, -0.05) is 18.5 Å². The monoisotopic (exact) mass is 433 g/mol. The van der Waals surface area contributed by atoms with Crippen molar-refractivity contribution in [1.82, 2.24) is 4.98 Å². The topological polar surface area (TPSA) is 132 Å². The highest BCUT2D eigenvalue weighted by atomic mass is 35.5. The van der Waals surface area contributed by atoms with E-state index in [4.69, 9.17) is 25.8 Å². The fourth-order valence-corrected chi connectivity index (χ4v) is 4.34. The molecule has 156 valence electrons. The standard InChI is InChI=1S/C20H16ClNO8/c1-7-4-10(23)8-5-9(19(26)27)18(25)22-16(8)20(7)17(24)13-11(28-2)6-12(29-3)14(21)15(13)30-20/h5-7H,4H2,1-3H3,(H,22,25)(H,26,27)/t7-,20+/m1/s1. The van der Waals surface area contributed by atoms with Gasteiger partial charge in [0.15, 0.2) is 11.5 Å². The molecule has 0 unspecified atom stereocenters. The molecule has 0 saturated carbocycles. The molecule has 2 atom stereocenters.